The largest absolute Gasteiger partial charge is 0.324 e. The summed E-state index contributed by atoms with van der Waals surface area (Å²) in [6, 6.07) is 12.7. The zero-order chi connectivity index (χ0) is 10.5. The van der Waals surface area contributed by atoms with Crippen molar-refractivity contribution in [3.63, 3.8) is 0 Å². The lowest BCUT2D eigenvalue weighted by Gasteiger charge is -2.05. The van der Waals surface area contributed by atoms with Crippen LogP contribution in [0.5, 0.6) is 0 Å². The number of nitrogens with one attached hydrogen (secondary N) is 1. The molecule has 1 heterocycles. The Bertz CT molecular complexity index is 387. The molecule has 0 aliphatic carbocycles. The van der Waals surface area contributed by atoms with Gasteiger partial charge in [-0.1, -0.05) is 19.1 Å². The van der Waals surface area contributed by atoms with Crippen LogP contribution >= 0.6 is 0 Å². The van der Waals surface area contributed by atoms with E-state index in [-0.39, 0.29) is 0 Å². The van der Waals surface area contributed by atoms with Gasteiger partial charge in [0.25, 0.3) is 0 Å². The van der Waals surface area contributed by atoms with Crippen molar-refractivity contribution in [3.8, 4) is 5.69 Å². The summed E-state index contributed by atoms with van der Waals surface area (Å²) < 4.78 is 2.11. The first-order chi connectivity index (χ1) is 7.40. The Balaban J connectivity index is 2.11. The quantitative estimate of drug-likeness (QED) is 0.802. The fourth-order valence-corrected chi connectivity index (χ4v) is 1.56. The Kier molecular flexibility index (Phi) is 3.20. The highest BCUT2D eigenvalue weighted by Gasteiger charge is 1.95. The van der Waals surface area contributed by atoms with E-state index < -0.39 is 0 Å². The molecule has 2 heteroatoms. The lowest BCUT2D eigenvalue weighted by atomic mass is 10.2. The maximum atomic E-state index is 3.31. The number of nitrogens with zero attached hydrogens (tertiary/aromatic N) is 1. The van der Waals surface area contributed by atoms with Crippen molar-refractivity contribution in [3.05, 3.63) is 54.4 Å². The van der Waals surface area contributed by atoms with E-state index in [0.717, 1.165) is 13.1 Å². The van der Waals surface area contributed by atoms with Crippen molar-refractivity contribution in [1.82, 2.24) is 9.88 Å². The summed E-state index contributed by atoms with van der Waals surface area (Å²) in [6.45, 7) is 4.08. The summed E-state index contributed by atoms with van der Waals surface area (Å²) in [5, 5.41) is 3.31. The molecule has 15 heavy (non-hydrogen) atoms. The molecule has 0 unspecified atom stereocenters. The molecular formula is C13H16N2. The van der Waals surface area contributed by atoms with Crippen molar-refractivity contribution in [1.29, 1.82) is 0 Å². The number of rotatable bonds is 4. The summed E-state index contributed by atoms with van der Waals surface area (Å²) in [4.78, 5) is 0. The van der Waals surface area contributed by atoms with Gasteiger partial charge in [-0.2, -0.15) is 0 Å². The topological polar surface area (TPSA) is 17.0 Å². The Morgan fingerprint density at radius 2 is 1.73 bits per heavy atom. The molecular weight excluding hydrogens is 184 g/mol. The van der Waals surface area contributed by atoms with Crippen molar-refractivity contribution >= 4 is 0 Å². The third-order valence-corrected chi connectivity index (χ3v) is 2.42. The molecule has 0 saturated heterocycles. The third kappa shape index (κ3) is 2.48. The minimum atomic E-state index is 0.947. The van der Waals surface area contributed by atoms with Gasteiger partial charge < -0.3 is 9.88 Å². The minimum absolute atomic E-state index is 0.947. The summed E-state index contributed by atoms with van der Waals surface area (Å²) in [6.07, 6.45) is 4.11. The average Bonchev–Trinajstić information content (AvgIpc) is 2.80. The molecule has 0 fully saturated rings. The van der Waals surface area contributed by atoms with Gasteiger partial charge in [-0.3, -0.25) is 0 Å². The molecule has 0 saturated carbocycles. The number of benzene rings is 1. The van der Waals surface area contributed by atoms with Gasteiger partial charge in [-0.15, -0.1) is 0 Å². The van der Waals surface area contributed by atoms with Crippen LogP contribution < -0.4 is 5.32 Å². The van der Waals surface area contributed by atoms with Crippen LogP contribution in [0.3, 0.4) is 0 Å². The molecule has 0 spiro atoms. The molecule has 0 amide bonds. The number of hydrogen-bond donors (Lipinski definition) is 1. The van der Waals surface area contributed by atoms with E-state index in [0.29, 0.717) is 0 Å². The standard InChI is InChI=1S/C13H16N2/c1-2-14-11-12-5-7-13(8-6-12)15-9-3-4-10-15/h3-10,14H,2,11H2,1H3. The molecule has 78 valence electrons. The number of hydrogen-bond acceptors (Lipinski definition) is 1. The Hall–Kier alpha value is -1.54. The molecule has 0 bridgehead atoms. The van der Waals surface area contributed by atoms with Crippen LogP contribution in [0, 0.1) is 0 Å². The van der Waals surface area contributed by atoms with Crippen molar-refractivity contribution < 1.29 is 0 Å². The molecule has 2 nitrogen and oxygen atoms in total. The highest BCUT2D eigenvalue weighted by Crippen LogP contribution is 2.09. The lowest BCUT2D eigenvalue weighted by molar-refractivity contribution is 0.726. The third-order valence-electron chi connectivity index (χ3n) is 2.42. The van der Waals surface area contributed by atoms with Crippen LogP contribution in [0.2, 0.25) is 0 Å². The molecule has 0 atom stereocenters. The number of aromatic nitrogens is 1. The maximum Gasteiger partial charge on any atom is 0.0449 e. The Labute approximate surface area is 90.6 Å². The molecule has 0 aliphatic heterocycles. The zero-order valence-electron chi connectivity index (χ0n) is 8.98. The Morgan fingerprint density at radius 1 is 1.07 bits per heavy atom. The van der Waals surface area contributed by atoms with E-state index in [4.69, 9.17) is 0 Å². The molecule has 0 radical (unpaired) electrons. The van der Waals surface area contributed by atoms with Crippen LogP contribution in [-0.4, -0.2) is 11.1 Å². The second kappa shape index (κ2) is 4.80. The van der Waals surface area contributed by atoms with Crippen LogP contribution in [0.4, 0.5) is 0 Å². The monoisotopic (exact) mass is 200 g/mol. The average molecular weight is 200 g/mol. The van der Waals surface area contributed by atoms with E-state index >= 15 is 0 Å². The predicted octanol–water partition coefficient (Wildman–Crippen LogP) is 2.59. The van der Waals surface area contributed by atoms with E-state index in [1.807, 2.05) is 12.1 Å². The molecule has 1 aromatic heterocycles. The first-order valence-corrected chi connectivity index (χ1v) is 5.33. The lowest BCUT2D eigenvalue weighted by Crippen LogP contribution is -2.11. The smallest absolute Gasteiger partial charge is 0.0449 e. The van der Waals surface area contributed by atoms with Crippen LogP contribution in [0.25, 0.3) is 5.69 Å². The SMILES string of the molecule is CCNCc1ccc(-n2cccc2)cc1. The van der Waals surface area contributed by atoms with Gasteiger partial charge in [-0.25, -0.2) is 0 Å². The molecule has 2 rings (SSSR count). The van der Waals surface area contributed by atoms with Gasteiger partial charge in [0.15, 0.2) is 0 Å². The van der Waals surface area contributed by atoms with Crippen molar-refractivity contribution in [2.75, 3.05) is 6.54 Å². The van der Waals surface area contributed by atoms with E-state index in [9.17, 15) is 0 Å². The fourth-order valence-electron chi connectivity index (χ4n) is 1.56. The minimum Gasteiger partial charge on any atom is -0.324 e. The second-order valence-electron chi connectivity index (χ2n) is 3.54. The van der Waals surface area contributed by atoms with E-state index in [1.165, 1.54) is 11.3 Å². The highest BCUT2D eigenvalue weighted by atomic mass is 14.9. The Morgan fingerprint density at radius 3 is 2.33 bits per heavy atom. The zero-order valence-corrected chi connectivity index (χ0v) is 8.98. The van der Waals surface area contributed by atoms with Gasteiger partial charge in [0.1, 0.15) is 0 Å². The molecule has 2 aromatic rings. The summed E-state index contributed by atoms with van der Waals surface area (Å²) in [5.74, 6) is 0. The maximum absolute atomic E-state index is 3.31. The molecule has 0 aliphatic rings. The second-order valence-corrected chi connectivity index (χ2v) is 3.54. The normalized spacial score (nSPS) is 10.5. The summed E-state index contributed by atoms with van der Waals surface area (Å²) in [7, 11) is 0. The first kappa shape index (κ1) is 9.99. The van der Waals surface area contributed by atoms with Crippen molar-refractivity contribution in [2.45, 2.75) is 13.5 Å². The van der Waals surface area contributed by atoms with Gasteiger partial charge in [0.2, 0.25) is 0 Å². The summed E-state index contributed by atoms with van der Waals surface area (Å²) >= 11 is 0. The van der Waals surface area contributed by atoms with Gasteiger partial charge in [0.05, 0.1) is 0 Å². The van der Waals surface area contributed by atoms with Gasteiger partial charge in [0, 0.05) is 24.6 Å². The van der Waals surface area contributed by atoms with Crippen LogP contribution in [0.15, 0.2) is 48.8 Å². The van der Waals surface area contributed by atoms with E-state index in [2.05, 4.69) is 53.5 Å². The molecule has 1 aromatic carbocycles. The van der Waals surface area contributed by atoms with Gasteiger partial charge >= 0.3 is 0 Å². The van der Waals surface area contributed by atoms with Gasteiger partial charge in [-0.05, 0) is 36.4 Å². The van der Waals surface area contributed by atoms with E-state index in [1.54, 1.807) is 0 Å². The fraction of sp³-hybridized carbons (Fsp3) is 0.231. The summed E-state index contributed by atoms with van der Waals surface area (Å²) in [5.41, 5.74) is 2.54. The van der Waals surface area contributed by atoms with Crippen LogP contribution in [0.1, 0.15) is 12.5 Å². The highest BCUT2D eigenvalue weighted by molar-refractivity contribution is 5.35. The van der Waals surface area contributed by atoms with Crippen LogP contribution in [-0.2, 0) is 6.54 Å². The van der Waals surface area contributed by atoms with Crippen molar-refractivity contribution in [2.24, 2.45) is 0 Å². The molecule has 1 N–H and O–H groups in total. The first-order valence-electron chi connectivity index (χ1n) is 5.33. The predicted molar refractivity (Wildman–Crippen MR) is 63.1 cm³/mol.